The number of rotatable bonds is 16. The summed E-state index contributed by atoms with van der Waals surface area (Å²) in [5.74, 6) is -0.0862. The Morgan fingerprint density at radius 3 is 1.85 bits per heavy atom. The number of halogens is 1. The molecule has 0 saturated carbocycles. The van der Waals surface area contributed by atoms with E-state index in [1.165, 1.54) is 70.6 Å². The van der Waals surface area contributed by atoms with Gasteiger partial charge in [0.1, 0.15) is 12.4 Å². The molecule has 0 radical (unpaired) electrons. The van der Waals surface area contributed by atoms with Gasteiger partial charge in [-0.25, -0.2) is 4.57 Å². The number of aromatic nitrogens is 2. The first-order valence-electron chi connectivity index (χ1n) is 10.9. The fourth-order valence-corrected chi connectivity index (χ4v) is 3.28. The van der Waals surface area contributed by atoms with Crippen LogP contribution in [0.15, 0.2) is 18.7 Å². The summed E-state index contributed by atoms with van der Waals surface area (Å²) in [5.41, 5.74) is 0. The van der Waals surface area contributed by atoms with E-state index in [4.69, 9.17) is 4.74 Å². The summed E-state index contributed by atoms with van der Waals surface area (Å²) < 4.78 is 9.31. The van der Waals surface area contributed by atoms with Gasteiger partial charge in [-0.2, -0.15) is 4.57 Å². The smallest absolute Gasteiger partial charge is 0.309 e. The molecule has 4 nitrogen and oxygen atoms in total. The van der Waals surface area contributed by atoms with E-state index in [9.17, 15) is 4.79 Å². The van der Waals surface area contributed by atoms with Crippen molar-refractivity contribution in [1.29, 1.82) is 0 Å². The van der Waals surface area contributed by atoms with Gasteiger partial charge in [-0.15, -0.1) is 0 Å². The predicted molar refractivity (Wildman–Crippen MR) is 107 cm³/mol. The van der Waals surface area contributed by atoms with E-state index in [0.29, 0.717) is 6.42 Å². The minimum atomic E-state index is -0.231. The normalized spacial score (nSPS) is 11.8. The average molecular weight is 445 g/mol. The van der Waals surface area contributed by atoms with E-state index in [1.807, 2.05) is 41.8 Å². The highest BCUT2D eigenvalue weighted by Gasteiger charge is 2.15. The lowest BCUT2D eigenvalue weighted by Gasteiger charge is -2.09. The van der Waals surface area contributed by atoms with Gasteiger partial charge in [0.05, 0.1) is 7.05 Å². The second kappa shape index (κ2) is 17.3. The van der Waals surface area contributed by atoms with Gasteiger partial charge >= 0.3 is 5.97 Å². The van der Waals surface area contributed by atoms with E-state index in [1.54, 1.807) is 0 Å². The standard InChI is InChI=1S/C22H41N2O2.BrH/c1-4-5-6-7-8-9-10-11-12-13-14-15-16-17-22(25)26-21(2)24-19-18-23(3)20-24;/h18-21H,4-17H2,1-3H3;1H/q+1;/p-1. The maximum Gasteiger partial charge on any atom is 0.309 e. The average Bonchev–Trinajstić information content (AvgIpc) is 3.05. The van der Waals surface area contributed by atoms with Crippen LogP contribution in [0.1, 0.15) is 110 Å². The topological polar surface area (TPSA) is 35.1 Å². The summed E-state index contributed by atoms with van der Waals surface area (Å²) >= 11 is 0. The van der Waals surface area contributed by atoms with E-state index in [0.717, 1.165) is 12.8 Å². The molecule has 0 aliphatic rings. The third-order valence-electron chi connectivity index (χ3n) is 5.00. The highest BCUT2D eigenvalue weighted by atomic mass is 79.9. The molecule has 1 unspecified atom stereocenters. The van der Waals surface area contributed by atoms with Crippen molar-refractivity contribution >= 4 is 5.97 Å². The maximum atomic E-state index is 11.9. The number of imidazole rings is 1. The maximum absolute atomic E-state index is 11.9. The molecule has 158 valence electrons. The van der Waals surface area contributed by atoms with Crippen LogP contribution in [-0.4, -0.2) is 10.5 Å². The third kappa shape index (κ3) is 13.9. The van der Waals surface area contributed by atoms with Crippen LogP contribution in [0, 0.1) is 0 Å². The van der Waals surface area contributed by atoms with Crippen LogP contribution in [0.4, 0.5) is 0 Å². The number of carbonyl (C=O) groups is 1. The zero-order valence-corrected chi connectivity index (χ0v) is 19.4. The molecule has 0 saturated heterocycles. The van der Waals surface area contributed by atoms with Gasteiger partial charge in [-0.05, 0) is 6.42 Å². The number of unbranched alkanes of at least 4 members (excludes halogenated alkanes) is 12. The Balaban J connectivity index is 0.00000676. The number of nitrogens with zero attached hydrogens (tertiary/aromatic N) is 2. The molecule has 1 rings (SSSR count). The minimum absolute atomic E-state index is 0. The lowest BCUT2D eigenvalue weighted by atomic mass is 10.0. The van der Waals surface area contributed by atoms with E-state index in [2.05, 4.69) is 6.92 Å². The number of hydrogen-bond acceptors (Lipinski definition) is 2. The second-order valence-electron chi connectivity index (χ2n) is 7.61. The summed E-state index contributed by atoms with van der Waals surface area (Å²) in [6, 6.07) is 0. The third-order valence-corrected chi connectivity index (χ3v) is 5.00. The lowest BCUT2D eigenvalue weighted by Crippen LogP contribution is -3.00. The number of hydrogen-bond donors (Lipinski definition) is 0. The van der Waals surface area contributed by atoms with Gasteiger partial charge in [0, 0.05) is 13.3 Å². The number of ether oxygens (including phenoxy) is 1. The van der Waals surface area contributed by atoms with Gasteiger partial charge in [0.15, 0.2) is 0 Å². The lowest BCUT2D eigenvalue weighted by molar-refractivity contribution is -0.671. The van der Waals surface area contributed by atoms with Crippen molar-refractivity contribution in [2.45, 2.75) is 110 Å². The number of aryl methyl sites for hydroxylation is 1. The minimum Gasteiger partial charge on any atom is -1.00 e. The number of esters is 1. The molecule has 0 aliphatic carbocycles. The van der Waals surface area contributed by atoms with Gasteiger partial charge in [0.2, 0.25) is 12.6 Å². The second-order valence-corrected chi connectivity index (χ2v) is 7.61. The molecule has 1 heterocycles. The van der Waals surface area contributed by atoms with Crippen LogP contribution in [-0.2, 0) is 16.6 Å². The molecule has 0 aliphatic heterocycles. The van der Waals surface area contributed by atoms with Crippen LogP contribution in [0.2, 0.25) is 0 Å². The molecular weight excluding hydrogens is 404 g/mol. The molecular formula is C22H41BrN2O2. The van der Waals surface area contributed by atoms with Gasteiger partial charge in [-0.3, -0.25) is 4.79 Å². The van der Waals surface area contributed by atoms with Crippen molar-refractivity contribution < 1.29 is 31.1 Å². The van der Waals surface area contributed by atoms with Crippen molar-refractivity contribution in [3.8, 4) is 0 Å². The number of carbonyl (C=O) groups excluding carboxylic acids is 1. The van der Waals surface area contributed by atoms with E-state index < -0.39 is 0 Å². The molecule has 0 aromatic carbocycles. The van der Waals surface area contributed by atoms with Crippen molar-refractivity contribution in [2.75, 3.05) is 0 Å². The van der Waals surface area contributed by atoms with Crippen LogP contribution in [0.25, 0.3) is 0 Å². The Labute approximate surface area is 177 Å². The molecule has 27 heavy (non-hydrogen) atoms. The Morgan fingerprint density at radius 2 is 1.41 bits per heavy atom. The quantitative estimate of drug-likeness (QED) is 0.223. The van der Waals surface area contributed by atoms with Crippen LogP contribution in [0.5, 0.6) is 0 Å². The van der Waals surface area contributed by atoms with Crippen molar-refractivity contribution in [1.82, 2.24) is 4.57 Å². The van der Waals surface area contributed by atoms with Gasteiger partial charge in [0.25, 0.3) is 0 Å². The molecule has 0 spiro atoms. The molecule has 0 fully saturated rings. The summed E-state index contributed by atoms with van der Waals surface area (Å²) in [6.07, 6.45) is 23.2. The van der Waals surface area contributed by atoms with E-state index >= 15 is 0 Å². The monoisotopic (exact) mass is 444 g/mol. The van der Waals surface area contributed by atoms with Crippen LogP contribution < -0.4 is 21.5 Å². The largest absolute Gasteiger partial charge is 1.00 e. The molecule has 5 heteroatoms. The zero-order chi connectivity index (χ0) is 19.0. The fourth-order valence-electron chi connectivity index (χ4n) is 3.28. The Morgan fingerprint density at radius 1 is 0.926 bits per heavy atom. The Bertz CT molecular complexity index is 477. The van der Waals surface area contributed by atoms with Crippen molar-refractivity contribution in [3.05, 3.63) is 18.7 Å². The predicted octanol–water partition coefficient (Wildman–Crippen LogP) is 2.86. The van der Waals surface area contributed by atoms with Gasteiger partial charge < -0.3 is 21.7 Å². The zero-order valence-electron chi connectivity index (χ0n) is 17.8. The highest BCUT2D eigenvalue weighted by Crippen LogP contribution is 2.14. The Kier molecular flexibility index (Phi) is 16.7. The first-order chi connectivity index (χ1) is 12.6. The first kappa shape index (κ1) is 26.2. The Hall–Kier alpha value is -0.840. The van der Waals surface area contributed by atoms with Crippen LogP contribution >= 0.6 is 0 Å². The molecule has 1 atom stereocenters. The molecule has 0 amide bonds. The summed E-state index contributed by atoms with van der Waals surface area (Å²) in [5, 5.41) is 0. The molecule has 0 bridgehead atoms. The first-order valence-corrected chi connectivity index (χ1v) is 10.9. The van der Waals surface area contributed by atoms with Crippen molar-refractivity contribution in [3.63, 3.8) is 0 Å². The van der Waals surface area contributed by atoms with Crippen molar-refractivity contribution in [2.24, 2.45) is 7.05 Å². The summed E-state index contributed by atoms with van der Waals surface area (Å²) in [6.45, 7) is 4.18. The molecule has 1 aromatic rings. The molecule has 0 N–H and O–H groups in total. The van der Waals surface area contributed by atoms with Gasteiger partial charge in [-0.1, -0.05) is 84.0 Å². The molecule has 1 aromatic heterocycles. The summed E-state index contributed by atoms with van der Waals surface area (Å²) in [4.78, 5) is 11.9. The highest BCUT2D eigenvalue weighted by molar-refractivity contribution is 5.69. The SMILES string of the molecule is CCCCCCCCCCCCCCCC(=O)OC(C)n1cc[n+](C)c1.[Br-]. The fraction of sp³-hybridized carbons (Fsp3) is 0.818. The summed E-state index contributed by atoms with van der Waals surface area (Å²) in [7, 11) is 1.96. The van der Waals surface area contributed by atoms with E-state index in [-0.39, 0.29) is 29.2 Å². The van der Waals surface area contributed by atoms with Crippen LogP contribution in [0.3, 0.4) is 0 Å².